The van der Waals surface area contributed by atoms with E-state index in [-0.39, 0.29) is 23.0 Å². The predicted molar refractivity (Wildman–Crippen MR) is 104 cm³/mol. The molecule has 0 unspecified atom stereocenters. The highest BCUT2D eigenvalue weighted by Gasteiger charge is 2.17. The molecule has 0 saturated heterocycles. The average Bonchev–Trinajstić information content (AvgIpc) is 2.58. The van der Waals surface area contributed by atoms with Gasteiger partial charge in [-0.2, -0.15) is 0 Å². The highest BCUT2D eigenvalue weighted by Crippen LogP contribution is 2.27. The van der Waals surface area contributed by atoms with Crippen LogP contribution >= 0.6 is 11.6 Å². The van der Waals surface area contributed by atoms with Crippen molar-refractivity contribution in [2.75, 3.05) is 18.5 Å². The summed E-state index contributed by atoms with van der Waals surface area (Å²) in [5.41, 5.74) is 2.45. The van der Waals surface area contributed by atoms with Crippen LogP contribution in [0.25, 0.3) is 0 Å². The molecule has 0 bridgehead atoms. The molecule has 0 atom stereocenters. The number of nitrogens with zero attached hydrogens (tertiary/aromatic N) is 1. The van der Waals surface area contributed by atoms with Crippen LogP contribution in [0, 0.1) is 30.9 Å². The summed E-state index contributed by atoms with van der Waals surface area (Å²) in [5, 5.41) is 13.5. The number of nitrogens with one attached hydrogen (secondary N) is 1. The summed E-state index contributed by atoms with van der Waals surface area (Å²) in [6.45, 7) is 4.71. The van der Waals surface area contributed by atoms with Crippen molar-refractivity contribution in [1.29, 1.82) is 0 Å². The predicted octanol–water partition coefficient (Wildman–Crippen LogP) is 3.73. The maximum atomic E-state index is 11.9. The Labute approximate surface area is 166 Å². The van der Waals surface area contributed by atoms with Crippen molar-refractivity contribution in [1.82, 2.24) is 0 Å². The summed E-state index contributed by atoms with van der Waals surface area (Å²) in [6, 6.07) is 7.61. The normalized spacial score (nSPS) is 10.3. The van der Waals surface area contributed by atoms with Gasteiger partial charge >= 0.3 is 5.97 Å². The molecule has 2 aromatic rings. The van der Waals surface area contributed by atoms with Gasteiger partial charge in [0.1, 0.15) is 11.4 Å². The molecule has 0 saturated carbocycles. The first-order chi connectivity index (χ1) is 13.2. The summed E-state index contributed by atoms with van der Waals surface area (Å²) in [6.07, 6.45) is 0. The summed E-state index contributed by atoms with van der Waals surface area (Å²) in [4.78, 5) is 34.1. The summed E-state index contributed by atoms with van der Waals surface area (Å²) >= 11 is 5.79. The maximum absolute atomic E-state index is 11.9. The van der Waals surface area contributed by atoms with Crippen LogP contribution in [-0.4, -0.2) is 30.0 Å². The standard InChI is InChI=1S/C19H19ClN2O6/c1-11-6-12(2)19(13(3)7-11)28-10-18(24)27-9-17(23)21-15-8-14(20)4-5-16(15)22(25)26/h4-8H,9-10H2,1-3H3,(H,21,23). The Morgan fingerprint density at radius 1 is 1.11 bits per heavy atom. The van der Waals surface area contributed by atoms with Crippen molar-refractivity contribution in [3.63, 3.8) is 0 Å². The molecule has 0 spiro atoms. The van der Waals surface area contributed by atoms with E-state index in [4.69, 9.17) is 21.1 Å². The van der Waals surface area contributed by atoms with Gasteiger partial charge in [-0.3, -0.25) is 14.9 Å². The quantitative estimate of drug-likeness (QED) is 0.426. The first-order valence-electron chi connectivity index (χ1n) is 8.27. The molecule has 9 heteroatoms. The highest BCUT2D eigenvalue weighted by atomic mass is 35.5. The van der Waals surface area contributed by atoms with E-state index in [2.05, 4.69) is 5.32 Å². The fourth-order valence-electron chi connectivity index (χ4n) is 2.67. The van der Waals surface area contributed by atoms with Gasteiger partial charge in [0, 0.05) is 11.1 Å². The molecule has 28 heavy (non-hydrogen) atoms. The third-order valence-corrected chi connectivity index (χ3v) is 3.97. The van der Waals surface area contributed by atoms with Crippen LogP contribution in [0.5, 0.6) is 5.75 Å². The summed E-state index contributed by atoms with van der Waals surface area (Å²) in [7, 11) is 0. The van der Waals surface area contributed by atoms with E-state index in [1.54, 1.807) is 0 Å². The van der Waals surface area contributed by atoms with Crippen LogP contribution in [0.15, 0.2) is 30.3 Å². The van der Waals surface area contributed by atoms with E-state index in [0.29, 0.717) is 5.75 Å². The van der Waals surface area contributed by atoms with Gasteiger partial charge in [-0.25, -0.2) is 4.79 Å². The van der Waals surface area contributed by atoms with Gasteiger partial charge in [-0.15, -0.1) is 0 Å². The largest absolute Gasteiger partial charge is 0.481 e. The Morgan fingerprint density at radius 3 is 2.36 bits per heavy atom. The third kappa shape index (κ3) is 5.68. The molecule has 8 nitrogen and oxygen atoms in total. The average molecular weight is 407 g/mol. The van der Waals surface area contributed by atoms with Crippen molar-refractivity contribution >= 4 is 34.9 Å². The van der Waals surface area contributed by atoms with E-state index in [1.807, 2.05) is 32.9 Å². The number of hydrogen-bond acceptors (Lipinski definition) is 6. The Bertz CT molecular complexity index is 906. The molecule has 0 aliphatic heterocycles. The molecule has 2 rings (SSSR count). The number of halogens is 1. The smallest absolute Gasteiger partial charge is 0.344 e. The number of esters is 1. The monoisotopic (exact) mass is 406 g/mol. The van der Waals surface area contributed by atoms with Crippen LogP contribution in [-0.2, 0) is 14.3 Å². The lowest BCUT2D eigenvalue weighted by Gasteiger charge is -2.13. The lowest BCUT2D eigenvalue weighted by molar-refractivity contribution is -0.383. The minimum atomic E-state index is -0.741. The Morgan fingerprint density at radius 2 is 1.75 bits per heavy atom. The molecule has 0 fully saturated rings. The Balaban J connectivity index is 1.89. The van der Waals surface area contributed by atoms with Crippen molar-refractivity contribution < 1.29 is 24.0 Å². The second kappa shape index (κ2) is 9.18. The second-order valence-electron chi connectivity index (χ2n) is 6.14. The molecular formula is C19H19ClN2O6. The van der Waals surface area contributed by atoms with Gasteiger partial charge in [0.2, 0.25) is 0 Å². The fraction of sp³-hybridized carbons (Fsp3) is 0.263. The minimum Gasteiger partial charge on any atom is -0.481 e. The molecule has 148 valence electrons. The van der Waals surface area contributed by atoms with E-state index < -0.39 is 23.4 Å². The zero-order valence-electron chi connectivity index (χ0n) is 15.6. The molecule has 0 aliphatic carbocycles. The number of benzene rings is 2. The number of nitro groups is 1. The Kier molecular flexibility index (Phi) is 6.94. The lowest BCUT2D eigenvalue weighted by atomic mass is 10.1. The van der Waals surface area contributed by atoms with Gasteiger partial charge in [0.05, 0.1) is 4.92 Å². The van der Waals surface area contributed by atoms with Crippen LogP contribution in [0.3, 0.4) is 0 Å². The second-order valence-corrected chi connectivity index (χ2v) is 6.58. The van der Waals surface area contributed by atoms with Crippen molar-refractivity contribution in [3.05, 3.63) is 62.2 Å². The number of amides is 1. The fourth-order valence-corrected chi connectivity index (χ4v) is 2.84. The molecule has 0 heterocycles. The van der Waals surface area contributed by atoms with E-state index in [0.717, 1.165) is 16.7 Å². The van der Waals surface area contributed by atoms with Crippen LogP contribution < -0.4 is 10.1 Å². The zero-order valence-corrected chi connectivity index (χ0v) is 16.3. The number of carbonyl (C=O) groups excluding carboxylic acids is 2. The van der Waals surface area contributed by atoms with Gasteiger partial charge in [-0.1, -0.05) is 29.3 Å². The van der Waals surface area contributed by atoms with Gasteiger partial charge in [0.25, 0.3) is 11.6 Å². The van der Waals surface area contributed by atoms with Gasteiger partial charge in [0.15, 0.2) is 13.2 Å². The SMILES string of the molecule is Cc1cc(C)c(OCC(=O)OCC(=O)Nc2cc(Cl)ccc2[N+](=O)[O-])c(C)c1. The minimum absolute atomic E-state index is 0.0827. The summed E-state index contributed by atoms with van der Waals surface area (Å²) in [5.74, 6) is -0.891. The van der Waals surface area contributed by atoms with Crippen molar-refractivity contribution in [2.45, 2.75) is 20.8 Å². The van der Waals surface area contributed by atoms with Crippen LogP contribution in [0.1, 0.15) is 16.7 Å². The number of anilines is 1. The van der Waals surface area contributed by atoms with Crippen molar-refractivity contribution in [2.24, 2.45) is 0 Å². The van der Waals surface area contributed by atoms with Crippen molar-refractivity contribution in [3.8, 4) is 5.75 Å². The van der Waals surface area contributed by atoms with E-state index in [9.17, 15) is 19.7 Å². The molecule has 1 amide bonds. The summed E-state index contributed by atoms with van der Waals surface area (Å²) < 4.78 is 10.3. The Hall–Kier alpha value is -3.13. The number of hydrogen-bond donors (Lipinski definition) is 1. The number of rotatable bonds is 7. The maximum Gasteiger partial charge on any atom is 0.344 e. The molecule has 0 aliphatic rings. The number of aryl methyl sites for hydroxylation is 3. The topological polar surface area (TPSA) is 108 Å². The first kappa shape index (κ1) is 21.2. The molecule has 0 aromatic heterocycles. The molecule has 1 N–H and O–H groups in total. The van der Waals surface area contributed by atoms with Gasteiger partial charge < -0.3 is 14.8 Å². The number of nitro benzene ring substituents is 1. The van der Waals surface area contributed by atoms with E-state index in [1.165, 1.54) is 18.2 Å². The first-order valence-corrected chi connectivity index (χ1v) is 8.65. The molecular weight excluding hydrogens is 388 g/mol. The third-order valence-electron chi connectivity index (χ3n) is 3.73. The molecule has 0 radical (unpaired) electrons. The number of ether oxygens (including phenoxy) is 2. The van der Waals surface area contributed by atoms with E-state index >= 15 is 0 Å². The molecule has 2 aromatic carbocycles. The van der Waals surface area contributed by atoms with Crippen LogP contribution in [0.2, 0.25) is 5.02 Å². The lowest BCUT2D eigenvalue weighted by Crippen LogP contribution is -2.24. The van der Waals surface area contributed by atoms with Gasteiger partial charge in [-0.05, 0) is 44.0 Å². The zero-order chi connectivity index (χ0) is 20.8. The highest BCUT2D eigenvalue weighted by molar-refractivity contribution is 6.31. The van der Waals surface area contributed by atoms with Crippen LogP contribution in [0.4, 0.5) is 11.4 Å². The number of carbonyl (C=O) groups is 2.